The van der Waals surface area contributed by atoms with Crippen LogP contribution in [0.15, 0.2) is 30.6 Å². The first-order valence-electron chi connectivity index (χ1n) is 8.94. The summed E-state index contributed by atoms with van der Waals surface area (Å²) in [4.78, 5) is 4.38. The molecular formula is C19H22BNO6. The van der Waals surface area contributed by atoms with E-state index in [4.69, 9.17) is 23.6 Å². The molecule has 2 aliphatic rings. The number of ether oxygens (including phenoxy) is 4. The lowest BCUT2D eigenvalue weighted by atomic mass is 9.79. The van der Waals surface area contributed by atoms with E-state index in [0.717, 1.165) is 16.7 Å². The number of rotatable bonds is 5. The molecular weight excluding hydrogens is 349 g/mol. The standard InChI is InChI=1S/C19H22BNO6/c1-23-10-15-11-25-18-16(3-4-17(24-2)19(18)27-15)13-5-12(7-21-8-13)14-6-20(22)26-9-14/h3-5,7-8,14-15,22H,6,9-11H2,1-2H3. The molecule has 0 radical (unpaired) electrons. The van der Waals surface area contributed by atoms with Gasteiger partial charge in [-0.3, -0.25) is 4.98 Å². The molecule has 0 saturated carbocycles. The van der Waals surface area contributed by atoms with Gasteiger partial charge in [0.1, 0.15) is 6.61 Å². The van der Waals surface area contributed by atoms with Crippen molar-refractivity contribution in [2.45, 2.75) is 18.3 Å². The Kier molecular flexibility index (Phi) is 5.20. The Morgan fingerprint density at radius 1 is 1.22 bits per heavy atom. The summed E-state index contributed by atoms with van der Waals surface area (Å²) in [5, 5.41) is 9.63. The lowest BCUT2D eigenvalue weighted by Gasteiger charge is -2.29. The van der Waals surface area contributed by atoms with Crippen LogP contribution in [0.25, 0.3) is 11.1 Å². The highest BCUT2D eigenvalue weighted by Gasteiger charge is 2.31. The third kappa shape index (κ3) is 3.60. The van der Waals surface area contributed by atoms with Gasteiger partial charge in [-0.05, 0) is 30.1 Å². The number of fused-ring (bicyclic) bond motifs is 1. The van der Waals surface area contributed by atoms with Crippen molar-refractivity contribution in [1.82, 2.24) is 4.98 Å². The monoisotopic (exact) mass is 371 g/mol. The number of nitrogens with zero attached hydrogens (tertiary/aromatic N) is 1. The molecule has 27 heavy (non-hydrogen) atoms. The van der Waals surface area contributed by atoms with Crippen LogP contribution in [0.1, 0.15) is 11.5 Å². The lowest BCUT2D eigenvalue weighted by Crippen LogP contribution is -2.33. The predicted octanol–water partition coefficient (Wildman–Crippen LogP) is 2.14. The van der Waals surface area contributed by atoms with Crippen molar-refractivity contribution in [1.29, 1.82) is 0 Å². The summed E-state index contributed by atoms with van der Waals surface area (Å²) in [6.07, 6.45) is 4.00. The molecule has 0 aliphatic carbocycles. The van der Waals surface area contributed by atoms with E-state index in [1.165, 1.54) is 0 Å². The maximum atomic E-state index is 9.63. The van der Waals surface area contributed by atoms with Crippen LogP contribution in [0.2, 0.25) is 6.32 Å². The summed E-state index contributed by atoms with van der Waals surface area (Å²) in [5.74, 6) is 1.97. The van der Waals surface area contributed by atoms with Crippen LogP contribution < -0.4 is 14.2 Å². The fourth-order valence-corrected chi connectivity index (χ4v) is 3.50. The molecule has 0 amide bonds. The normalized spacial score (nSPS) is 21.4. The zero-order valence-corrected chi connectivity index (χ0v) is 15.4. The van der Waals surface area contributed by atoms with Crippen LogP contribution in [-0.4, -0.2) is 57.3 Å². The summed E-state index contributed by atoms with van der Waals surface area (Å²) >= 11 is 0. The van der Waals surface area contributed by atoms with Gasteiger partial charge in [0.2, 0.25) is 5.75 Å². The van der Waals surface area contributed by atoms with Crippen molar-refractivity contribution in [2.75, 3.05) is 34.0 Å². The van der Waals surface area contributed by atoms with Crippen LogP contribution >= 0.6 is 0 Å². The number of hydrogen-bond acceptors (Lipinski definition) is 7. The maximum Gasteiger partial charge on any atom is 0.454 e. The van der Waals surface area contributed by atoms with Crippen molar-refractivity contribution < 1.29 is 28.6 Å². The molecule has 2 aliphatic heterocycles. The first-order valence-corrected chi connectivity index (χ1v) is 8.94. The van der Waals surface area contributed by atoms with Gasteiger partial charge in [0.05, 0.1) is 13.7 Å². The molecule has 142 valence electrons. The van der Waals surface area contributed by atoms with Gasteiger partial charge < -0.3 is 28.6 Å². The Bertz CT molecular complexity index is 817. The first-order chi connectivity index (χ1) is 13.2. The smallest absolute Gasteiger partial charge is 0.454 e. The average molecular weight is 371 g/mol. The summed E-state index contributed by atoms with van der Waals surface area (Å²) < 4.78 is 28.0. The third-order valence-corrected chi connectivity index (χ3v) is 4.86. The fraction of sp³-hybridized carbons (Fsp3) is 0.421. The first kappa shape index (κ1) is 18.1. The van der Waals surface area contributed by atoms with E-state index >= 15 is 0 Å². The quantitative estimate of drug-likeness (QED) is 0.807. The van der Waals surface area contributed by atoms with Crippen molar-refractivity contribution >= 4 is 7.12 Å². The van der Waals surface area contributed by atoms with E-state index in [-0.39, 0.29) is 12.0 Å². The Balaban J connectivity index is 1.70. The number of pyridine rings is 1. The summed E-state index contributed by atoms with van der Waals surface area (Å²) in [6, 6.07) is 5.87. The van der Waals surface area contributed by atoms with E-state index in [0.29, 0.717) is 43.4 Å². The second-order valence-corrected chi connectivity index (χ2v) is 6.71. The zero-order valence-electron chi connectivity index (χ0n) is 15.4. The van der Waals surface area contributed by atoms with E-state index in [9.17, 15) is 5.02 Å². The second kappa shape index (κ2) is 7.76. The SMILES string of the molecule is COCC1COc2c(-c3cncc(C4COB(O)C4)c3)ccc(OC)c2O1. The molecule has 2 aromatic rings. The molecule has 4 rings (SSSR count). The minimum atomic E-state index is -0.707. The molecule has 1 N–H and O–H groups in total. The summed E-state index contributed by atoms with van der Waals surface area (Å²) in [5.41, 5.74) is 2.83. The van der Waals surface area contributed by atoms with E-state index < -0.39 is 7.12 Å². The predicted molar refractivity (Wildman–Crippen MR) is 99.5 cm³/mol. The van der Waals surface area contributed by atoms with Gasteiger partial charge in [-0.1, -0.05) is 0 Å². The largest absolute Gasteiger partial charge is 0.493 e. The molecule has 2 atom stereocenters. The molecule has 3 heterocycles. The maximum absolute atomic E-state index is 9.63. The molecule has 1 aromatic carbocycles. The van der Waals surface area contributed by atoms with Gasteiger partial charge in [-0.15, -0.1) is 0 Å². The number of hydrogen-bond donors (Lipinski definition) is 1. The van der Waals surface area contributed by atoms with Gasteiger partial charge in [0, 0.05) is 43.2 Å². The van der Waals surface area contributed by atoms with Gasteiger partial charge in [-0.2, -0.15) is 0 Å². The van der Waals surface area contributed by atoms with Crippen LogP contribution in [-0.2, 0) is 9.39 Å². The van der Waals surface area contributed by atoms with Gasteiger partial charge in [0.15, 0.2) is 17.6 Å². The third-order valence-electron chi connectivity index (χ3n) is 4.86. The van der Waals surface area contributed by atoms with Crippen molar-refractivity contribution in [3.8, 4) is 28.4 Å². The number of benzene rings is 1. The Labute approximate surface area is 158 Å². The summed E-state index contributed by atoms with van der Waals surface area (Å²) in [7, 11) is 2.53. The molecule has 8 heteroatoms. The highest BCUT2D eigenvalue weighted by molar-refractivity contribution is 6.43. The van der Waals surface area contributed by atoms with Crippen molar-refractivity contribution in [2.24, 2.45) is 0 Å². The molecule has 2 unspecified atom stereocenters. The molecule has 1 saturated heterocycles. The second-order valence-electron chi connectivity index (χ2n) is 6.71. The highest BCUT2D eigenvalue weighted by Crippen LogP contribution is 2.47. The van der Waals surface area contributed by atoms with E-state index in [1.54, 1.807) is 20.4 Å². The zero-order chi connectivity index (χ0) is 18.8. The van der Waals surface area contributed by atoms with Gasteiger partial charge in [-0.25, -0.2) is 0 Å². The van der Waals surface area contributed by atoms with Crippen molar-refractivity contribution in [3.05, 3.63) is 36.2 Å². The summed E-state index contributed by atoms with van der Waals surface area (Å²) in [6.45, 7) is 1.33. The average Bonchev–Trinajstić information content (AvgIpc) is 3.14. The molecule has 0 spiro atoms. The molecule has 1 aromatic heterocycles. The van der Waals surface area contributed by atoms with Crippen molar-refractivity contribution in [3.63, 3.8) is 0 Å². The Hall–Kier alpha value is -2.29. The van der Waals surface area contributed by atoms with Crippen LogP contribution in [0.5, 0.6) is 17.2 Å². The molecule has 7 nitrogen and oxygen atoms in total. The number of aromatic nitrogens is 1. The lowest BCUT2D eigenvalue weighted by molar-refractivity contribution is 0.0255. The van der Waals surface area contributed by atoms with Gasteiger partial charge in [0.25, 0.3) is 0 Å². The molecule has 0 bridgehead atoms. The van der Waals surface area contributed by atoms with Crippen LogP contribution in [0, 0.1) is 0 Å². The molecule has 1 fully saturated rings. The van der Waals surface area contributed by atoms with Crippen LogP contribution in [0.3, 0.4) is 0 Å². The van der Waals surface area contributed by atoms with E-state index in [1.807, 2.05) is 18.3 Å². The minimum Gasteiger partial charge on any atom is -0.493 e. The highest BCUT2D eigenvalue weighted by atomic mass is 16.6. The van der Waals surface area contributed by atoms with Gasteiger partial charge >= 0.3 is 7.12 Å². The van der Waals surface area contributed by atoms with E-state index in [2.05, 4.69) is 11.1 Å². The fourth-order valence-electron chi connectivity index (χ4n) is 3.50. The topological polar surface area (TPSA) is 79.3 Å². The Morgan fingerprint density at radius 3 is 2.85 bits per heavy atom. The number of methoxy groups -OCH3 is 2. The Morgan fingerprint density at radius 2 is 2.11 bits per heavy atom. The van der Waals surface area contributed by atoms with Crippen LogP contribution in [0.4, 0.5) is 0 Å². The minimum absolute atomic E-state index is 0.129.